The number of aromatic nitrogens is 2. The molecule has 0 aliphatic carbocycles. The molecule has 1 aliphatic heterocycles. The summed E-state index contributed by atoms with van der Waals surface area (Å²) in [6.45, 7) is 9.11. The van der Waals surface area contributed by atoms with Gasteiger partial charge in [0.2, 0.25) is 23.6 Å². The maximum absolute atomic E-state index is 12.7. The lowest BCUT2D eigenvalue weighted by molar-refractivity contribution is -0.126. The maximum atomic E-state index is 12.7. The first kappa shape index (κ1) is 21.2. The first-order valence-electron chi connectivity index (χ1n) is 9.44. The Bertz CT molecular complexity index is 589. The zero-order valence-electron chi connectivity index (χ0n) is 16.4. The van der Waals surface area contributed by atoms with Gasteiger partial charge in [-0.2, -0.15) is 9.97 Å². The zero-order valence-corrected chi connectivity index (χ0v) is 16.4. The molecule has 0 bridgehead atoms. The Kier molecular flexibility index (Phi) is 8.05. The molecule has 0 radical (unpaired) electrons. The molecule has 0 saturated carbocycles. The van der Waals surface area contributed by atoms with Crippen LogP contribution in [0.1, 0.15) is 40.5 Å². The Morgan fingerprint density at radius 2 is 1.93 bits per heavy atom. The van der Waals surface area contributed by atoms with Gasteiger partial charge in [0.1, 0.15) is 6.04 Å². The molecule has 1 aliphatic rings. The smallest absolute Gasteiger partial charge is 0.242 e. The average molecular weight is 382 g/mol. The highest BCUT2D eigenvalue weighted by Crippen LogP contribution is 2.20. The van der Waals surface area contributed by atoms with Gasteiger partial charge in [0, 0.05) is 0 Å². The summed E-state index contributed by atoms with van der Waals surface area (Å²) >= 11 is 0. The van der Waals surface area contributed by atoms with Gasteiger partial charge in [-0.15, -0.1) is 0 Å². The number of aliphatic hydroxyl groups is 1. The van der Waals surface area contributed by atoms with Crippen molar-refractivity contribution in [2.24, 2.45) is 5.92 Å². The van der Waals surface area contributed by atoms with E-state index in [4.69, 9.17) is 14.2 Å². The molecule has 1 fully saturated rings. The molecule has 1 amide bonds. The summed E-state index contributed by atoms with van der Waals surface area (Å²) in [6.07, 6.45) is 0.170. The minimum atomic E-state index is -0.976. The number of nitrogens with one attached hydrogen (secondary N) is 2. The molecule has 152 valence electrons. The minimum Gasteiger partial charge on any atom is -0.478 e. The summed E-state index contributed by atoms with van der Waals surface area (Å²) in [6, 6.07) is 0.634. The first-order valence-corrected chi connectivity index (χ1v) is 9.44. The van der Waals surface area contributed by atoms with Crippen molar-refractivity contribution in [3.05, 3.63) is 6.07 Å². The molecule has 1 aromatic heterocycles. The van der Waals surface area contributed by atoms with Crippen LogP contribution < -0.4 is 20.1 Å². The van der Waals surface area contributed by atoms with Crippen LogP contribution in [-0.2, 0) is 9.53 Å². The summed E-state index contributed by atoms with van der Waals surface area (Å²) in [7, 11) is 0. The van der Waals surface area contributed by atoms with Crippen LogP contribution in [-0.4, -0.2) is 59.2 Å². The van der Waals surface area contributed by atoms with E-state index in [0.29, 0.717) is 44.4 Å². The van der Waals surface area contributed by atoms with E-state index < -0.39 is 18.4 Å². The van der Waals surface area contributed by atoms with Crippen molar-refractivity contribution in [3.63, 3.8) is 0 Å². The number of amides is 1. The van der Waals surface area contributed by atoms with Gasteiger partial charge in [-0.3, -0.25) is 4.79 Å². The van der Waals surface area contributed by atoms with E-state index >= 15 is 0 Å². The third kappa shape index (κ3) is 6.51. The second-order valence-electron chi connectivity index (χ2n) is 6.73. The van der Waals surface area contributed by atoms with Crippen LogP contribution in [0.25, 0.3) is 0 Å². The lowest BCUT2D eigenvalue weighted by Crippen LogP contribution is -2.48. The molecule has 2 heterocycles. The molecule has 3 atom stereocenters. The van der Waals surface area contributed by atoms with Crippen molar-refractivity contribution >= 4 is 11.9 Å². The number of rotatable bonds is 10. The van der Waals surface area contributed by atoms with Crippen LogP contribution in [0.15, 0.2) is 6.07 Å². The highest BCUT2D eigenvalue weighted by atomic mass is 16.6. The average Bonchev–Trinajstić information content (AvgIpc) is 2.99. The topological polar surface area (TPSA) is 115 Å². The van der Waals surface area contributed by atoms with Crippen molar-refractivity contribution in [1.82, 2.24) is 15.3 Å². The summed E-state index contributed by atoms with van der Waals surface area (Å²) in [5.41, 5.74) is 0. The van der Waals surface area contributed by atoms with Crippen LogP contribution in [0, 0.1) is 5.92 Å². The number of hydrogen-bond donors (Lipinski definition) is 3. The van der Waals surface area contributed by atoms with E-state index in [9.17, 15) is 9.90 Å². The number of carbonyl (C=O) groups is 1. The fraction of sp³-hybridized carbons (Fsp3) is 0.722. The lowest BCUT2D eigenvalue weighted by atomic mass is 10.0. The van der Waals surface area contributed by atoms with Crippen LogP contribution in [0.3, 0.4) is 0 Å². The minimum absolute atomic E-state index is 0.235. The molecule has 0 aromatic carbocycles. The van der Waals surface area contributed by atoms with Crippen LogP contribution in [0.4, 0.5) is 5.95 Å². The Labute approximate surface area is 159 Å². The monoisotopic (exact) mass is 382 g/mol. The van der Waals surface area contributed by atoms with Crippen molar-refractivity contribution < 1.29 is 24.1 Å². The largest absolute Gasteiger partial charge is 0.478 e. The van der Waals surface area contributed by atoms with Gasteiger partial charge in [0.25, 0.3) is 0 Å². The Hall–Kier alpha value is -2.13. The van der Waals surface area contributed by atoms with Gasteiger partial charge < -0.3 is 30.0 Å². The second kappa shape index (κ2) is 10.3. The third-order valence-corrected chi connectivity index (χ3v) is 3.98. The molecule has 2 rings (SSSR count). The van der Waals surface area contributed by atoms with Crippen LogP contribution >= 0.6 is 0 Å². The van der Waals surface area contributed by atoms with Gasteiger partial charge in [-0.25, -0.2) is 0 Å². The number of ether oxygens (including phenoxy) is 3. The zero-order chi connectivity index (χ0) is 19.8. The van der Waals surface area contributed by atoms with Gasteiger partial charge in [-0.05, 0) is 32.6 Å². The third-order valence-electron chi connectivity index (χ3n) is 3.98. The normalized spacial score (nSPS) is 20.4. The van der Waals surface area contributed by atoms with Gasteiger partial charge in [-0.1, -0.05) is 13.8 Å². The predicted octanol–water partition coefficient (Wildman–Crippen LogP) is 1.32. The summed E-state index contributed by atoms with van der Waals surface area (Å²) in [5, 5.41) is 15.7. The molecule has 1 saturated heterocycles. The van der Waals surface area contributed by atoms with Crippen LogP contribution in [0.5, 0.6) is 11.8 Å². The number of anilines is 1. The van der Waals surface area contributed by atoms with E-state index in [-0.39, 0.29) is 17.8 Å². The summed E-state index contributed by atoms with van der Waals surface area (Å²) in [4.78, 5) is 21.4. The fourth-order valence-electron chi connectivity index (χ4n) is 2.77. The van der Waals surface area contributed by atoms with Crippen LogP contribution in [0.2, 0.25) is 0 Å². The predicted molar refractivity (Wildman–Crippen MR) is 99.7 cm³/mol. The number of aliphatic hydroxyl groups excluding tert-OH is 1. The maximum Gasteiger partial charge on any atom is 0.242 e. The highest BCUT2D eigenvalue weighted by molar-refractivity contribution is 5.84. The fourth-order valence-corrected chi connectivity index (χ4v) is 2.77. The molecule has 9 heteroatoms. The number of carbonyl (C=O) groups excluding carboxylic acids is 1. The van der Waals surface area contributed by atoms with E-state index in [1.165, 1.54) is 0 Å². The molecule has 27 heavy (non-hydrogen) atoms. The molecular weight excluding hydrogens is 352 g/mol. The molecule has 1 aromatic rings. The first-order chi connectivity index (χ1) is 12.9. The summed E-state index contributed by atoms with van der Waals surface area (Å²) in [5.74, 6) is 1.04. The number of hydrogen-bond acceptors (Lipinski definition) is 8. The Morgan fingerprint density at radius 3 is 2.41 bits per heavy atom. The second-order valence-corrected chi connectivity index (χ2v) is 6.73. The van der Waals surface area contributed by atoms with Gasteiger partial charge >= 0.3 is 0 Å². The van der Waals surface area contributed by atoms with Gasteiger partial charge in [0.15, 0.2) is 6.29 Å². The van der Waals surface area contributed by atoms with E-state index in [0.717, 1.165) is 0 Å². The van der Waals surface area contributed by atoms with E-state index in [1.54, 1.807) is 6.07 Å². The summed E-state index contributed by atoms with van der Waals surface area (Å²) < 4.78 is 16.0. The quantitative estimate of drug-likeness (QED) is 0.555. The van der Waals surface area contributed by atoms with Crippen molar-refractivity contribution in [2.45, 2.75) is 58.9 Å². The highest BCUT2D eigenvalue weighted by Gasteiger charge is 2.30. The van der Waals surface area contributed by atoms with Gasteiger partial charge in [0.05, 0.1) is 31.9 Å². The molecular formula is C18H30N4O5. The molecule has 3 N–H and O–H groups in total. The van der Waals surface area contributed by atoms with Crippen molar-refractivity contribution in [2.75, 3.05) is 25.1 Å². The van der Waals surface area contributed by atoms with Crippen molar-refractivity contribution in [3.8, 4) is 11.8 Å². The standard InChI is InChI=1S/C18H30N4O5/c1-5-25-14-10-15(26-6-2)22-18(21-14)20-13(9-11(3)4)16(23)19-12-7-8-27-17(12)24/h10-13,17,24H,5-9H2,1-4H3,(H,19,23)(H,20,21,22). The lowest BCUT2D eigenvalue weighted by Gasteiger charge is -2.23. The Morgan fingerprint density at radius 1 is 1.30 bits per heavy atom. The Balaban J connectivity index is 2.15. The molecule has 9 nitrogen and oxygen atoms in total. The molecule has 3 unspecified atom stereocenters. The SMILES string of the molecule is CCOc1cc(OCC)nc(NC(CC(C)C)C(=O)NC2CCOC2O)n1. The van der Waals surface area contributed by atoms with E-state index in [1.807, 2.05) is 27.7 Å². The van der Waals surface area contributed by atoms with Crippen molar-refractivity contribution in [1.29, 1.82) is 0 Å². The van der Waals surface area contributed by atoms with E-state index in [2.05, 4.69) is 20.6 Å². The molecule has 0 spiro atoms. The number of nitrogens with zero attached hydrogens (tertiary/aromatic N) is 2.